The Kier molecular flexibility index (Phi) is 4.49. The third kappa shape index (κ3) is 3.34. The lowest BCUT2D eigenvalue weighted by Crippen LogP contribution is -2.24. The van der Waals surface area contributed by atoms with E-state index in [-0.39, 0.29) is 18.0 Å². The van der Waals surface area contributed by atoms with Gasteiger partial charge >= 0.3 is 0 Å². The SMILES string of the molecule is COc1cc(F)c(S(=O)(=O)NCc2cc[nH]c2)cc1OC. The van der Waals surface area contributed by atoms with E-state index in [9.17, 15) is 12.8 Å². The maximum absolute atomic E-state index is 14.0. The second-order valence-corrected chi connectivity index (χ2v) is 5.92. The molecule has 0 saturated carbocycles. The van der Waals surface area contributed by atoms with Crippen molar-refractivity contribution in [3.8, 4) is 11.5 Å². The van der Waals surface area contributed by atoms with Gasteiger partial charge in [0, 0.05) is 31.1 Å². The minimum atomic E-state index is -4.00. The molecule has 0 amide bonds. The molecule has 0 bridgehead atoms. The summed E-state index contributed by atoms with van der Waals surface area (Å²) in [6.45, 7) is 0.0552. The summed E-state index contributed by atoms with van der Waals surface area (Å²) in [6.07, 6.45) is 3.31. The van der Waals surface area contributed by atoms with E-state index in [2.05, 4.69) is 9.71 Å². The Labute approximate surface area is 121 Å². The smallest absolute Gasteiger partial charge is 0.243 e. The van der Waals surface area contributed by atoms with Crippen molar-refractivity contribution in [3.63, 3.8) is 0 Å². The molecule has 0 aliphatic heterocycles. The Morgan fingerprint density at radius 3 is 2.48 bits per heavy atom. The number of aromatic amines is 1. The topological polar surface area (TPSA) is 80.4 Å². The van der Waals surface area contributed by atoms with Gasteiger partial charge in [-0.1, -0.05) is 0 Å². The van der Waals surface area contributed by atoms with Crippen LogP contribution in [0.15, 0.2) is 35.5 Å². The van der Waals surface area contributed by atoms with E-state index < -0.39 is 20.7 Å². The summed E-state index contributed by atoms with van der Waals surface area (Å²) in [4.78, 5) is 2.31. The van der Waals surface area contributed by atoms with Crippen LogP contribution in [0.25, 0.3) is 0 Å². The van der Waals surface area contributed by atoms with Crippen LogP contribution in [0.2, 0.25) is 0 Å². The van der Waals surface area contributed by atoms with Crippen molar-refractivity contribution in [2.45, 2.75) is 11.4 Å². The van der Waals surface area contributed by atoms with Crippen LogP contribution in [0, 0.1) is 5.82 Å². The molecular formula is C13H15FN2O4S. The molecule has 6 nitrogen and oxygen atoms in total. The standard InChI is InChI=1S/C13H15FN2O4S/c1-19-11-5-10(14)13(6-12(11)20-2)21(17,18)16-8-9-3-4-15-7-9/h3-7,15-16H,8H2,1-2H3. The highest BCUT2D eigenvalue weighted by Gasteiger charge is 2.22. The van der Waals surface area contributed by atoms with E-state index in [0.29, 0.717) is 0 Å². The fourth-order valence-electron chi connectivity index (χ4n) is 1.77. The number of H-pyrrole nitrogens is 1. The molecule has 0 saturated heterocycles. The summed E-state index contributed by atoms with van der Waals surface area (Å²) in [6, 6.07) is 3.78. The molecule has 0 atom stereocenters. The molecule has 1 heterocycles. The quantitative estimate of drug-likeness (QED) is 0.849. The van der Waals surface area contributed by atoms with Crippen molar-refractivity contribution in [3.05, 3.63) is 42.0 Å². The number of ether oxygens (including phenoxy) is 2. The molecule has 8 heteroatoms. The van der Waals surface area contributed by atoms with E-state index >= 15 is 0 Å². The van der Waals surface area contributed by atoms with Gasteiger partial charge in [0.25, 0.3) is 0 Å². The second kappa shape index (κ2) is 6.15. The number of benzene rings is 1. The first-order valence-corrected chi connectivity index (χ1v) is 7.49. The summed E-state index contributed by atoms with van der Waals surface area (Å²) >= 11 is 0. The summed E-state index contributed by atoms with van der Waals surface area (Å²) < 4.78 is 50.5. The lowest BCUT2D eigenvalue weighted by atomic mass is 10.3. The molecule has 2 rings (SSSR count). The molecule has 114 valence electrons. The van der Waals surface area contributed by atoms with Crippen LogP contribution >= 0.6 is 0 Å². The van der Waals surface area contributed by atoms with E-state index in [1.807, 2.05) is 0 Å². The Morgan fingerprint density at radius 2 is 1.90 bits per heavy atom. The fourth-order valence-corrected chi connectivity index (χ4v) is 2.86. The van der Waals surface area contributed by atoms with Gasteiger partial charge in [0.05, 0.1) is 14.2 Å². The maximum atomic E-state index is 14.0. The summed E-state index contributed by atoms with van der Waals surface area (Å²) in [5, 5.41) is 0. The Morgan fingerprint density at radius 1 is 1.24 bits per heavy atom. The molecule has 0 radical (unpaired) electrons. The predicted molar refractivity (Wildman–Crippen MR) is 74.3 cm³/mol. The summed E-state index contributed by atoms with van der Waals surface area (Å²) in [5.41, 5.74) is 0.736. The van der Waals surface area contributed by atoms with Gasteiger partial charge in [-0.3, -0.25) is 0 Å². The lowest BCUT2D eigenvalue weighted by molar-refractivity contribution is 0.350. The zero-order chi connectivity index (χ0) is 15.5. The minimum absolute atomic E-state index is 0.0552. The fraction of sp³-hybridized carbons (Fsp3) is 0.231. The van der Waals surface area contributed by atoms with Gasteiger partial charge in [-0.15, -0.1) is 0 Å². The van der Waals surface area contributed by atoms with Crippen LogP contribution in [-0.2, 0) is 16.6 Å². The Bertz CT molecular complexity index is 714. The average molecular weight is 314 g/mol. The molecule has 1 aromatic carbocycles. The maximum Gasteiger partial charge on any atom is 0.243 e. The van der Waals surface area contributed by atoms with Crippen LogP contribution in [0.5, 0.6) is 11.5 Å². The van der Waals surface area contributed by atoms with Crippen molar-refractivity contribution in [1.29, 1.82) is 0 Å². The number of hydrogen-bond acceptors (Lipinski definition) is 4. The van der Waals surface area contributed by atoms with Crippen molar-refractivity contribution in [2.24, 2.45) is 0 Å². The summed E-state index contributed by atoms with van der Waals surface area (Å²) in [7, 11) is -1.31. The van der Waals surface area contributed by atoms with Crippen molar-refractivity contribution in [2.75, 3.05) is 14.2 Å². The van der Waals surface area contributed by atoms with Crippen molar-refractivity contribution >= 4 is 10.0 Å². The van der Waals surface area contributed by atoms with Crippen LogP contribution in [0.4, 0.5) is 4.39 Å². The number of aromatic nitrogens is 1. The van der Waals surface area contributed by atoms with E-state index in [1.54, 1.807) is 18.5 Å². The zero-order valence-corrected chi connectivity index (χ0v) is 12.3. The molecule has 1 aromatic heterocycles. The third-order valence-electron chi connectivity index (χ3n) is 2.86. The van der Waals surface area contributed by atoms with Crippen LogP contribution in [0.1, 0.15) is 5.56 Å². The van der Waals surface area contributed by atoms with Gasteiger partial charge in [0.15, 0.2) is 11.5 Å². The van der Waals surface area contributed by atoms with Gasteiger partial charge in [0.2, 0.25) is 10.0 Å². The van der Waals surface area contributed by atoms with Gasteiger partial charge in [-0.05, 0) is 11.6 Å². The number of methoxy groups -OCH3 is 2. The molecule has 2 N–H and O–H groups in total. The van der Waals surface area contributed by atoms with E-state index in [0.717, 1.165) is 17.7 Å². The highest BCUT2D eigenvalue weighted by Crippen LogP contribution is 2.31. The number of hydrogen-bond donors (Lipinski definition) is 2. The normalized spacial score (nSPS) is 11.4. The summed E-state index contributed by atoms with van der Waals surface area (Å²) in [5.74, 6) is -0.644. The monoisotopic (exact) mass is 314 g/mol. The first-order chi connectivity index (χ1) is 9.97. The highest BCUT2D eigenvalue weighted by atomic mass is 32.2. The minimum Gasteiger partial charge on any atom is -0.493 e. The van der Waals surface area contributed by atoms with E-state index in [4.69, 9.17) is 9.47 Å². The van der Waals surface area contributed by atoms with Crippen molar-refractivity contribution < 1.29 is 22.3 Å². The van der Waals surface area contributed by atoms with Crippen LogP contribution in [0.3, 0.4) is 0 Å². The number of nitrogens with one attached hydrogen (secondary N) is 2. The number of rotatable bonds is 6. The third-order valence-corrected chi connectivity index (χ3v) is 4.27. The molecule has 0 spiro atoms. The Balaban J connectivity index is 2.31. The highest BCUT2D eigenvalue weighted by molar-refractivity contribution is 7.89. The van der Waals surface area contributed by atoms with Gasteiger partial charge in [-0.2, -0.15) is 0 Å². The number of sulfonamides is 1. The van der Waals surface area contributed by atoms with E-state index in [1.165, 1.54) is 14.2 Å². The molecule has 2 aromatic rings. The van der Waals surface area contributed by atoms with Gasteiger partial charge in [0.1, 0.15) is 10.7 Å². The molecule has 0 fully saturated rings. The number of halogens is 1. The zero-order valence-electron chi connectivity index (χ0n) is 11.5. The molecule has 21 heavy (non-hydrogen) atoms. The lowest BCUT2D eigenvalue weighted by Gasteiger charge is -2.12. The van der Waals surface area contributed by atoms with Crippen LogP contribution < -0.4 is 14.2 Å². The van der Waals surface area contributed by atoms with Gasteiger partial charge in [-0.25, -0.2) is 17.5 Å². The van der Waals surface area contributed by atoms with Crippen LogP contribution in [-0.4, -0.2) is 27.6 Å². The first kappa shape index (κ1) is 15.3. The predicted octanol–water partition coefficient (Wildman–Crippen LogP) is 1.65. The van der Waals surface area contributed by atoms with Gasteiger partial charge < -0.3 is 14.5 Å². The second-order valence-electron chi connectivity index (χ2n) is 4.18. The average Bonchev–Trinajstić information content (AvgIpc) is 2.98. The first-order valence-electron chi connectivity index (χ1n) is 6.01. The molecule has 0 unspecified atom stereocenters. The molecule has 0 aliphatic rings. The molecular weight excluding hydrogens is 299 g/mol. The Hall–Kier alpha value is -2.06. The largest absolute Gasteiger partial charge is 0.493 e. The molecule has 0 aliphatic carbocycles. The van der Waals surface area contributed by atoms with Crippen molar-refractivity contribution in [1.82, 2.24) is 9.71 Å².